The molecule has 0 saturated carbocycles. The lowest BCUT2D eigenvalue weighted by molar-refractivity contribution is 0.186. The normalized spacial score (nSPS) is 26.1. The summed E-state index contributed by atoms with van der Waals surface area (Å²) in [5, 5.41) is 3.51. The molecule has 1 saturated heterocycles. The summed E-state index contributed by atoms with van der Waals surface area (Å²) in [4.78, 5) is 2.42. The highest BCUT2D eigenvalue weighted by Gasteiger charge is 2.33. The van der Waals surface area contributed by atoms with Crippen LogP contribution in [0.5, 0.6) is 0 Å². The summed E-state index contributed by atoms with van der Waals surface area (Å²) in [5.74, 6) is 0. The molecule has 2 nitrogen and oxygen atoms in total. The minimum absolute atomic E-state index is 0.527. The summed E-state index contributed by atoms with van der Waals surface area (Å²) in [6.07, 6.45) is 3.98. The zero-order valence-electron chi connectivity index (χ0n) is 10.6. The number of nitrogens with zero attached hydrogens (tertiary/aromatic N) is 1. The van der Waals surface area contributed by atoms with Crippen molar-refractivity contribution in [3.63, 3.8) is 0 Å². The van der Waals surface area contributed by atoms with Crippen LogP contribution >= 0.6 is 0 Å². The summed E-state index contributed by atoms with van der Waals surface area (Å²) in [6, 6.07) is 0. The van der Waals surface area contributed by atoms with Crippen molar-refractivity contribution < 1.29 is 0 Å². The third-order valence-electron chi connectivity index (χ3n) is 3.26. The Kier molecular flexibility index (Phi) is 4.81. The van der Waals surface area contributed by atoms with Crippen molar-refractivity contribution in [3.05, 3.63) is 12.2 Å². The van der Waals surface area contributed by atoms with Crippen molar-refractivity contribution in [3.8, 4) is 0 Å². The molecule has 1 atom stereocenters. The fourth-order valence-corrected chi connectivity index (χ4v) is 2.84. The Morgan fingerprint density at radius 3 is 2.73 bits per heavy atom. The molecule has 0 aromatic heterocycles. The van der Waals surface area contributed by atoms with Gasteiger partial charge in [0.15, 0.2) is 0 Å². The van der Waals surface area contributed by atoms with Gasteiger partial charge >= 0.3 is 0 Å². The van der Waals surface area contributed by atoms with Gasteiger partial charge in [-0.05, 0) is 38.8 Å². The van der Waals surface area contributed by atoms with Crippen LogP contribution in [0.25, 0.3) is 0 Å². The topological polar surface area (TPSA) is 15.3 Å². The molecule has 0 aliphatic carbocycles. The maximum Gasteiger partial charge on any atom is 0.0184 e. The van der Waals surface area contributed by atoms with E-state index in [9.17, 15) is 0 Å². The van der Waals surface area contributed by atoms with E-state index in [1.807, 2.05) is 0 Å². The molecule has 0 spiro atoms. The number of likely N-dealkylation sites (N-methyl/N-ethyl adjacent to an activating group) is 1. The average molecular weight is 210 g/mol. The minimum Gasteiger partial charge on any atom is -0.316 e. The molecule has 0 radical (unpaired) electrons. The molecule has 1 fully saturated rings. The van der Waals surface area contributed by atoms with Gasteiger partial charge in [-0.2, -0.15) is 0 Å². The molecule has 0 bridgehead atoms. The van der Waals surface area contributed by atoms with E-state index >= 15 is 0 Å². The van der Waals surface area contributed by atoms with Crippen LogP contribution in [0.2, 0.25) is 0 Å². The van der Waals surface area contributed by atoms with E-state index in [2.05, 4.69) is 37.7 Å². The largest absolute Gasteiger partial charge is 0.316 e. The molecular formula is C13H26N2. The molecule has 1 unspecified atom stereocenters. The SMILES string of the molecule is C=C(C)CN(C)CC1(CCC)CCNC1. The molecule has 1 aliphatic heterocycles. The van der Waals surface area contributed by atoms with Crippen molar-refractivity contribution in [2.75, 3.05) is 33.2 Å². The second-order valence-electron chi connectivity index (χ2n) is 5.31. The van der Waals surface area contributed by atoms with Gasteiger partial charge < -0.3 is 10.2 Å². The maximum atomic E-state index is 3.98. The van der Waals surface area contributed by atoms with Crippen LogP contribution in [0.3, 0.4) is 0 Å². The molecule has 1 heterocycles. The monoisotopic (exact) mass is 210 g/mol. The average Bonchev–Trinajstić information content (AvgIpc) is 2.51. The number of hydrogen-bond acceptors (Lipinski definition) is 2. The predicted octanol–water partition coefficient (Wildman–Crippen LogP) is 2.27. The van der Waals surface area contributed by atoms with Gasteiger partial charge in [-0.25, -0.2) is 0 Å². The van der Waals surface area contributed by atoms with Crippen LogP contribution in [-0.2, 0) is 0 Å². The first-order chi connectivity index (χ1) is 7.08. The quantitative estimate of drug-likeness (QED) is 0.677. The predicted molar refractivity (Wildman–Crippen MR) is 67.1 cm³/mol. The summed E-state index contributed by atoms with van der Waals surface area (Å²) in [7, 11) is 2.21. The second kappa shape index (κ2) is 5.66. The molecular weight excluding hydrogens is 184 g/mol. The van der Waals surface area contributed by atoms with E-state index in [0.717, 1.165) is 6.54 Å². The number of rotatable bonds is 6. The van der Waals surface area contributed by atoms with Gasteiger partial charge in [-0.3, -0.25) is 0 Å². The van der Waals surface area contributed by atoms with E-state index < -0.39 is 0 Å². The highest BCUT2D eigenvalue weighted by Crippen LogP contribution is 2.31. The molecule has 1 rings (SSSR count). The molecule has 88 valence electrons. The summed E-state index contributed by atoms with van der Waals surface area (Å²) < 4.78 is 0. The third-order valence-corrected chi connectivity index (χ3v) is 3.26. The molecule has 15 heavy (non-hydrogen) atoms. The Morgan fingerprint density at radius 1 is 1.53 bits per heavy atom. The lowest BCUT2D eigenvalue weighted by Gasteiger charge is -2.33. The van der Waals surface area contributed by atoms with E-state index in [1.165, 1.54) is 44.5 Å². The fourth-order valence-electron chi connectivity index (χ4n) is 2.84. The zero-order valence-corrected chi connectivity index (χ0v) is 10.6. The highest BCUT2D eigenvalue weighted by molar-refractivity contribution is 4.95. The Morgan fingerprint density at radius 2 is 2.27 bits per heavy atom. The zero-order chi connectivity index (χ0) is 11.3. The lowest BCUT2D eigenvalue weighted by atomic mass is 9.82. The third kappa shape index (κ3) is 3.96. The van der Waals surface area contributed by atoms with Crippen LogP contribution in [0, 0.1) is 5.41 Å². The first-order valence-corrected chi connectivity index (χ1v) is 6.12. The summed E-state index contributed by atoms with van der Waals surface area (Å²) in [5.41, 5.74) is 1.79. The number of nitrogens with one attached hydrogen (secondary N) is 1. The Hall–Kier alpha value is -0.340. The van der Waals surface area contributed by atoms with Crippen LogP contribution in [0.1, 0.15) is 33.1 Å². The van der Waals surface area contributed by atoms with E-state index in [4.69, 9.17) is 0 Å². The second-order valence-corrected chi connectivity index (χ2v) is 5.31. The van der Waals surface area contributed by atoms with Crippen molar-refractivity contribution in [1.29, 1.82) is 0 Å². The smallest absolute Gasteiger partial charge is 0.0184 e. The summed E-state index contributed by atoms with van der Waals surface area (Å²) in [6.45, 7) is 13.0. The molecule has 0 aromatic rings. The van der Waals surface area contributed by atoms with E-state index in [1.54, 1.807) is 0 Å². The van der Waals surface area contributed by atoms with Gasteiger partial charge in [0.1, 0.15) is 0 Å². The molecule has 0 amide bonds. The van der Waals surface area contributed by atoms with Crippen molar-refractivity contribution in [1.82, 2.24) is 10.2 Å². The van der Waals surface area contributed by atoms with E-state index in [-0.39, 0.29) is 0 Å². The van der Waals surface area contributed by atoms with Crippen molar-refractivity contribution in [2.45, 2.75) is 33.1 Å². The Labute approximate surface area is 94.7 Å². The standard InChI is InChI=1S/C13H26N2/c1-5-6-13(7-8-14-10-13)11-15(4)9-12(2)3/h14H,2,5-11H2,1,3-4H3. The van der Waals surface area contributed by atoms with Gasteiger partial charge in [0.2, 0.25) is 0 Å². The van der Waals surface area contributed by atoms with Gasteiger partial charge in [0, 0.05) is 19.6 Å². The fraction of sp³-hybridized carbons (Fsp3) is 0.846. The molecule has 0 aromatic carbocycles. The van der Waals surface area contributed by atoms with Crippen molar-refractivity contribution >= 4 is 0 Å². The van der Waals surface area contributed by atoms with E-state index in [0.29, 0.717) is 5.41 Å². The number of hydrogen-bond donors (Lipinski definition) is 1. The van der Waals surface area contributed by atoms with Crippen LogP contribution in [-0.4, -0.2) is 38.1 Å². The van der Waals surface area contributed by atoms with Gasteiger partial charge in [0.05, 0.1) is 0 Å². The molecule has 1 aliphatic rings. The molecule has 1 N–H and O–H groups in total. The van der Waals surface area contributed by atoms with Crippen LogP contribution < -0.4 is 5.32 Å². The van der Waals surface area contributed by atoms with Crippen LogP contribution in [0.15, 0.2) is 12.2 Å². The highest BCUT2D eigenvalue weighted by atomic mass is 15.1. The Bertz CT molecular complexity index is 205. The van der Waals surface area contributed by atoms with Gasteiger partial charge in [-0.1, -0.05) is 25.5 Å². The summed E-state index contributed by atoms with van der Waals surface area (Å²) >= 11 is 0. The van der Waals surface area contributed by atoms with Crippen molar-refractivity contribution in [2.24, 2.45) is 5.41 Å². The maximum absolute atomic E-state index is 3.98. The van der Waals surface area contributed by atoms with Gasteiger partial charge in [-0.15, -0.1) is 0 Å². The first-order valence-electron chi connectivity index (χ1n) is 6.12. The Balaban J connectivity index is 2.47. The lowest BCUT2D eigenvalue weighted by Crippen LogP contribution is -2.38. The van der Waals surface area contributed by atoms with Crippen LogP contribution in [0.4, 0.5) is 0 Å². The molecule has 2 heteroatoms. The minimum atomic E-state index is 0.527. The van der Waals surface area contributed by atoms with Gasteiger partial charge in [0.25, 0.3) is 0 Å². The first kappa shape index (κ1) is 12.7.